The van der Waals surface area contributed by atoms with Crippen molar-refractivity contribution in [1.29, 1.82) is 5.26 Å². The van der Waals surface area contributed by atoms with Crippen LogP contribution in [-0.2, 0) is 6.42 Å². The van der Waals surface area contributed by atoms with E-state index in [0.717, 1.165) is 16.9 Å². The maximum atomic E-state index is 11.8. The van der Waals surface area contributed by atoms with Gasteiger partial charge in [0.25, 0.3) is 5.91 Å². The van der Waals surface area contributed by atoms with Gasteiger partial charge in [0.15, 0.2) is 0 Å². The van der Waals surface area contributed by atoms with Crippen LogP contribution in [0.25, 0.3) is 0 Å². The van der Waals surface area contributed by atoms with Crippen LogP contribution >= 0.6 is 11.3 Å². The van der Waals surface area contributed by atoms with E-state index in [0.29, 0.717) is 0 Å². The van der Waals surface area contributed by atoms with Crippen molar-refractivity contribution in [3.8, 4) is 6.07 Å². The second kappa shape index (κ2) is 4.77. The minimum atomic E-state index is -0.0570. The Balaban J connectivity index is 2.84. The molecule has 1 heterocycles. The molecule has 74 valence electrons. The Labute approximate surface area is 87.6 Å². The van der Waals surface area contributed by atoms with Crippen LogP contribution in [0.2, 0.25) is 0 Å². The third kappa shape index (κ3) is 2.12. The summed E-state index contributed by atoms with van der Waals surface area (Å²) in [6.45, 7) is 2.16. The number of amides is 1. The fourth-order valence-electron chi connectivity index (χ4n) is 1.15. The number of thiophene rings is 1. The Kier molecular flexibility index (Phi) is 3.66. The SMILES string of the molecule is CCc1ccsc1C(=O)N(C)CC#N. The van der Waals surface area contributed by atoms with Crippen LogP contribution in [0.5, 0.6) is 0 Å². The van der Waals surface area contributed by atoms with E-state index in [4.69, 9.17) is 5.26 Å². The maximum Gasteiger partial charge on any atom is 0.264 e. The lowest BCUT2D eigenvalue weighted by molar-refractivity contribution is 0.0816. The Hall–Kier alpha value is -1.34. The van der Waals surface area contributed by atoms with Gasteiger partial charge in [0, 0.05) is 7.05 Å². The average molecular weight is 208 g/mol. The molecule has 0 bridgehead atoms. The molecule has 14 heavy (non-hydrogen) atoms. The van der Waals surface area contributed by atoms with Crippen LogP contribution < -0.4 is 0 Å². The molecule has 1 amide bonds. The molecule has 0 saturated carbocycles. The van der Waals surface area contributed by atoms with Gasteiger partial charge in [-0.05, 0) is 23.4 Å². The van der Waals surface area contributed by atoms with Crippen LogP contribution in [0.3, 0.4) is 0 Å². The lowest BCUT2D eigenvalue weighted by Gasteiger charge is -2.12. The van der Waals surface area contributed by atoms with Gasteiger partial charge in [-0.2, -0.15) is 5.26 Å². The zero-order chi connectivity index (χ0) is 10.6. The van der Waals surface area contributed by atoms with E-state index < -0.39 is 0 Å². The minimum Gasteiger partial charge on any atom is -0.328 e. The number of hydrogen-bond donors (Lipinski definition) is 0. The first-order chi connectivity index (χ1) is 6.70. The lowest BCUT2D eigenvalue weighted by atomic mass is 10.2. The van der Waals surface area contributed by atoms with E-state index in [-0.39, 0.29) is 12.5 Å². The normalized spacial score (nSPS) is 9.50. The summed E-state index contributed by atoms with van der Waals surface area (Å²) in [5.74, 6) is -0.0570. The number of hydrogen-bond acceptors (Lipinski definition) is 3. The van der Waals surface area contributed by atoms with Gasteiger partial charge in [-0.25, -0.2) is 0 Å². The highest BCUT2D eigenvalue weighted by Gasteiger charge is 2.15. The predicted molar refractivity (Wildman–Crippen MR) is 56.3 cm³/mol. The summed E-state index contributed by atoms with van der Waals surface area (Å²) in [5.41, 5.74) is 1.06. The first-order valence-electron chi connectivity index (χ1n) is 4.39. The van der Waals surface area contributed by atoms with Gasteiger partial charge >= 0.3 is 0 Å². The molecule has 4 heteroatoms. The van der Waals surface area contributed by atoms with Crippen molar-refractivity contribution in [3.05, 3.63) is 21.9 Å². The van der Waals surface area contributed by atoms with Crippen LogP contribution in [0, 0.1) is 11.3 Å². The fraction of sp³-hybridized carbons (Fsp3) is 0.400. The molecule has 1 rings (SSSR count). The number of rotatable bonds is 3. The second-order valence-corrected chi connectivity index (χ2v) is 3.86. The van der Waals surface area contributed by atoms with Crippen LogP contribution in [-0.4, -0.2) is 24.4 Å². The molecule has 1 aromatic heterocycles. The van der Waals surface area contributed by atoms with Gasteiger partial charge in [-0.3, -0.25) is 4.79 Å². The van der Waals surface area contributed by atoms with Gasteiger partial charge in [0.05, 0.1) is 10.9 Å². The van der Waals surface area contributed by atoms with Gasteiger partial charge < -0.3 is 4.90 Å². The molecule has 0 aliphatic rings. The van der Waals surface area contributed by atoms with Crippen LogP contribution in [0.15, 0.2) is 11.4 Å². The van der Waals surface area contributed by atoms with E-state index in [2.05, 4.69) is 0 Å². The summed E-state index contributed by atoms with van der Waals surface area (Å²) in [4.78, 5) is 14.0. The number of aryl methyl sites for hydroxylation is 1. The smallest absolute Gasteiger partial charge is 0.264 e. The maximum absolute atomic E-state index is 11.8. The van der Waals surface area contributed by atoms with E-state index in [1.165, 1.54) is 16.2 Å². The molecule has 0 aromatic carbocycles. The number of nitrogens with zero attached hydrogens (tertiary/aromatic N) is 2. The molecule has 0 atom stereocenters. The van der Waals surface area contributed by atoms with Crippen molar-refractivity contribution < 1.29 is 4.79 Å². The van der Waals surface area contributed by atoms with Gasteiger partial charge in [-0.15, -0.1) is 11.3 Å². The largest absolute Gasteiger partial charge is 0.328 e. The highest BCUT2D eigenvalue weighted by Crippen LogP contribution is 2.18. The summed E-state index contributed by atoms with van der Waals surface area (Å²) in [6.07, 6.45) is 0.852. The Bertz CT molecular complexity index is 364. The molecule has 0 fully saturated rings. The lowest BCUT2D eigenvalue weighted by Crippen LogP contribution is -2.26. The number of nitriles is 1. The van der Waals surface area contributed by atoms with Crippen molar-refractivity contribution in [1.82, 2.24) is 4.90 Å². The Morgan fingerprint density at radius 3 is 3.00 bits per heavy atom. The summed E-state index contributed by atoms with van der Waals surface area (Å²) in [6, 6.07) is 3.91. The van der Waals surface area contributed by atoms with E-state index in [1.54, 1.807) is 7.05 Å². The summed E-state index contributed by atoms with van der Waals surface area (Å²) >= 11 is 1.44. The molecule has 0 saturated heterocycles. The topological polar surface area (TPSA) is 44.1 Å². The molecule has 3 nitrogen and oxygen atoms in total. The van der Waals surface area contributed by atoms with Crippen LogP contribution in [0.4, 0.5) is 0 Å². The molecular formula is C10H12N2OS. The summed E-state index contributed by atoms with van der Waals surface area (Å²) < 4.78 is 0. The Morgan fingerprint density at radius 2 is 2.43 bits per heavy atom. The highest BCUT2D eigenvalue weighted by molar-refractivity contribution is 7.12. The first-order valence-corrected chi connectivity index (χ1v) is 5.27. The van der Waals surface area contributed by atoms with Gasteiger partial charge in [-0.1, -0.05) is 6.92 Å². The van der Waals surface area contributed by atoms with Crippen LogP contribution in [0.1, 0.15) is 22.2 Å². The standard InChI is InChI=1S/C10H12N2OS/c1-3-8-4-7-14-9(8)10(13)12(2)6-5-11/h4,7H,3,6H2,1-2H3. The zero-order valence-electron chi connectivity index (χ0n) is 8.28. The minimum absolute atomic E-state index is 0.0570. The molecule has 0 N–H and O–H groups in total. The zero-order valence-corrected chi connectivity index (χ0v) is 9.10. The average Bonchev–Trinajstić information content (AvgIpc) is 2.64. The van der Waals surface area contributed by atoms with Crippen molar-refractivity contribution in [3.63, 3.8) is 0 Å². The number of carbonyl (C=O) groups excluding carboxylic acids is 1. The molecule has 0 aliphatic carbocycles. The summed E-state index contributed by atoms with van der Waals surface area (Å²) in [7, 11) is 1.64. The second-order valence-electron chi connectivity index (χ2n) is 2.95. The van der Waals surface area contributed by atoms with Crippen molar-refractivity contribution in [2.45, 2.75) is 13.3 Å². The van der Waals surface area contributed by atoms with Gasteiger partial charge in [0.1, 0.15) is 6.54 Å². The fourth-order valence-corrected chi connectivity index (χ4v) is 2.14. The summed E-state index contributed by atoms with van der Waals surface area (Å²) in [5, 5.41) is 10.4. The Morgan fingerprint density at radius 1 is 1.71 bits per heavy atom. The molecule has 0 unspecified atom stereocenters. The first kappa shape index (κ1) is 10.7. The van der Waals surface area contributed by atoms with E-state index in [9.17, 15) is 4.79 Å². The van der Waals surface area contributed by atoms with E-state index in [1.807, 2.05) is 24.4 Å². The van der Waals surface area contributed by atoms with Gasteiger partial charge in [0.2, 0.25) is 0 Å². The van der Waals surface area contributed by atoms with Crippen molar-refractivity contribution in [2.24, 2.45) is 0 Å². The molecular weight excluding hydrogens is 196 g/mol. The van der Waals surface area contributed by atoms with E-state index >= 15 is 0 Å². The quantitative estimate of drug-likeness (QED) is 0.712. The monoisotopic (exact) mass is 208 g/mol. The molecule has 0 radical (unpaired) electrons. The van der Waals surface area contributed by atoms with Crippen molar-refractivity contribution in [2.75, 3.05) is 13.6 Å². The predicted octanol–water partition coefficient (Wildman–Crippen LogP) is 1.91. The third-order valence-corrected chi connectivity index (χ3v) is 2.92. The third-order valence-electron chi connectivity index (χ3n) is 1.98. The number of carbonyl (C=O) groups is 1. The van der Waals surface area contributed by atoms with Crippen molar-refractivity contribution >= 4 is 17.2 Å². The molecule has 1 aromatic rings. The molecule has 0 aliphatic heterocycles. The molecule has 0 spiro atoms. The highest BCUT2D eigenvalue weighted by atomic mass is 32.1.